The topological polar surface area (TPSA) is 8.17 Å². The summed E-state index contributed by atoms with van der Waals surface area (Å²) in [5.41, 5.74) is 5.50. The van der Waals surface area contributed by atoms with Gasteiger partial charge >= 0.3 is 0 Å². The number of para-hydroxylation sites is 1. The molecule has 0 N–H and O–H groups in total. The molecule has 0 spiro atoms. The molecule has 1 aliphatic heterocycles. The van der Waals surface area contributed by atoms with E-state index in [0.717, 1.165) is 32.5 Å². The number of hydrogen-bond acceptors (Lipinski definition) is 1. The van der Waals surface area contributed by atoms with Crippen molar-refractivity contribution in [2.24, 2.45) is 0 Å². The maximum absolute atomic E-state index is 13.1. The summed E-state index contributed by atoms with van der Waals surface area (Å²) in [5, 5.41) is 1.39. The zero-order valence-electron chi connectivity index (χ0n) is 15.0. The smallest absolute Gasteiger partial charge is 0.123 e. The fourth-order valence-corrected chi connectivity index (χ4v) is 4.18. The van der Waals surface area contributed by atoms with Crippen molar-refractivity contribution in [3.8, 4) is 0 Å². The standard InChI is InChI=1S/C22H25FN2/c1-3-24-15-20-19-6-4-5-7-21(19)25(22(20)14-16(24)2)13-12-17-8-10-18(23)11-9-17/h4-11,16H,3,12-15H2,1-2H3. The number of halogens is 1. The first-order valence-electron chi connectivity index (χ1n) is 9.25. The molecule has 1 aliphatic rings. The van der Waals surface area contributed by atoms with Gasteiger partial charge in [-0.1, -0.05) is 37.3 Å². The van der Waals surface area contributed by atoms with Gasteiger partial charge in [0.1, 0.15) is 5.82 Å². The molecule has 0 radical (unpaired) electrons. The van der Waals surface area contributed by atoms with Crippen LogP contribution in [0.1, 0.15) is 30.7 Å². The van der Waals surface area contributed by atoms with Gasteiger partial charge in [0.15, 0.2) is 0 Å². The van der Waals surface area contributed by atoms with Crippen LogP contribution in [0.5, 0.6) is 0 Å². The molecule has 2 nitrogen and oxygen atoms in total. The molecular weight excluding hydrogens is 311 g/mol. The molecule has 2 aromatic carbocycles. The van der Waals surface area contributed by atoms with Crippen LogP contribution in [0, 0.1) is 5.82 Å². The third-order valence-corrected chi connectivity index (χ3v) is 5.61. The Balaban J connectivity index is 1.71. The first-order valence-corrected chi connectivity index (χ1v) is 9.25. The number of nitrogens with zero attached hydrogens (tertiary/aromatic N) is 2. The lowest BCUT2D eigenvalue weighted by atomic mass is 9.99. The largest absolute Gasteiger partial charge is 0.344 e. The molecule has 130 valence electrons. The van der Waals surface area contributed by atoms with Crippen molar-refractivity contribution in [1.82, 2.24) is 9.47 Å². The van der Waals surface area contributed by atoms with Gasteiger partial charge in [-0.2, -0.15) is 0 Å². The second-order valence-corrected chi connectivity index (χ2v) is 7.09. The quantitative estimate of drug-likeness (QED) is 0.665. The number of fused-ring (bicyclic) bond motifs is 3. The van der Waals surface area contributed by atoms with Gasteiger partial charge in [0.05, 0.1) is 0 Å². The Hall–Kier alpha value is -2.13. The van der Waals surface area contributed by atoms with Crippen molar-refractivity contribution in [2.45, 2.75) is 45.8 Å². The van der Waals surface area contributed by atoms with Crippen molar-refractivity contribution in [3.05, 3.63) is 71.2 Å². The first-order chi connectivity index (χ1) is 12.2. The zero-order valence-corrected chi connectivity index (χ0v) is 15.0. The van der Waals surface area contributed by atoms with Crippen molar-refractivity contribution in [1.29, 1.82) is 0 Å². The molecule has 25 heavy (non-hydrogen) atoms. The summed E-state index contributed by atoms with van der Waals surface area (Å²) in [6.07, 6.45) is 2.03. The molecule has 0 amide bonds. The lowest BCUT2D eigenvalue weighted by Crippen LogP contribution is -2.38. The van der Waals surface area contributed by atoms with Crippen LogP contribution in [0.15, 0.2) is 48.5 Å². The monoisotopic (exact) mass is 336 g/mol. The summed E-state index contributed by atoms with van der Waals surface area (Å²) < 4.78 is 15.6. The van der Waals surface area contributed by atoms with E-state index in [2.05, 4.69) is 47.6 Å². The maximum atomic E-state index is 13.1. The molecular formula is C22H25FN2. The lowest BCUT2D eigenvalue weighted by Gasteiger charge is -2.33. The van der Waals surface area contributed by atoms with Gasteiger partial charge in [0.25, 0.3) is 0 Å². The molecule has 1 aromatic heterocycles. The number of rotatable bonds is 4. The van der Waals surface area contributed by atoms with E-state index >= 15 is 0 Å². The molecule has 0 bridgehead atoms. The maximum Gasteiger partial charge on any atom is 0.123 e. The van der Waals surface area contributed by atoms with Crippen LogP contribution in [0.3, 0.4) is 0 Å². The van der Waals surface area contributed by atoms with Gasteiger partial charge in [-0.3, -0.25) is 4.90 Å². The van der Waals surface area contributed by atoms with Crippen molar-refractivity contribution >= 4 is 10.9 Å². The lowest BCUT2D eigenvalue weighted by molar-refractivity contribution is 0.192. The van der Waals surface area contributed by atoms with Crippen molar-refractivity contribution < 1.29 is 4.39 Å². The van der Waals surface area contributed by atoms with E-state index in [-0.39, 0.29) is 5.82 Å². The number of aromatic nitrogens is 1. The van der Waals surface area contributed by atoms with Crippen LogP contribution in [-0.2, 0) is 25.9 Å². The zero-order chi connectivity index (χ0) is 17.4. The number of hydrogen-bond donors (Lipinski definition) is 0. The Bertz CT molecular complexity index is 879. The minimum Gasteiger partial charge on any atom is -0.344 e. The van der Waals surface area contributed by atoms with Gasteiger partial charge in [0, 0.05) is 42.1 Å². The SMILES string of the molecule is CCN1Cc2c(n(CCc3ccc(F)cc3)c3ccccc23)CC1C. The van der Waals surface area contributed by atoms with Gasteiger partial charge in [-0.25, -0.2) is 4.39 Å². The van der Waals surface area contributed by atoms with E-state index < -0.39 is 0 Å². The van der Waals surface area contributed by atoms with Crippen molar-refractivity contribution in [2.75, 3.05) is 6.54 Å². The second kappa shape index (κ2) is 6.64. The van der Waals surface area contributed by atoms with E-state index in [1.807, 2.05) is 12.1 Å². The highest BCUT2D eigenvalue weighted by Crippen LogP contribution is 2.33. The molecule has 0 saturated heterocycles. The highest BCUT2D eigenvalue weighted by Gasteiger charge is 2.27. The molecule has 1 atom stereocenters. The minimum atomic E-state index is -0.166. The summed E-state index contributed by atoms with van der Waals surface area (Å²) in [6.45, 7) is 7.65. The van der Waals surface area contributed by atoms with E-state index in [1.165, 1.54) is 27.7 Å². The Morgan fingerprint density at radius 3 is 2.60 bits per heavy atom. The van der Waals surface area contributed by atoms with Gasteiger partial charge < -0.3 is 4.57 Å². The average molecular weight is 336 g/mol. The third-order valence-electron chi connectivity index (χ3n) is 5.61. The average Bonchev–Trinajstić information content (AvgIpc) is 2.93. The Morgan fingerprint density at radius 2 is 1.84 bits per heavy atom. The predicted octanol–water partition coefficient (Wildman–Crippen LogP) is 4.79. The van der Waals surface area contributed by atoms with Crippen LogP contribution >= 0.6 is 0 Å². The highest BCUT2D eigenvalue weighted by atomic mass is 19.1. The predicted molar refractivity (Wildman–Crippen MR) is 101 cm³/mol. The van der Waals surface area contributed by atoms with E-state index in [9.17, 15) is 4.39 Å². The summed E-state index contributed by atoms with van der Waals surface area (Å²) in [6, 6.07) is 16.2. The molecule has 0 saturated carbocycles. The number of benzene rings is 2. The van der Waals surface area contributed by atoms with Crippen LogP contribution < -0.4 is 0 Å². The van der Waals surface area contributed by atoms with Gasteiger partial charge in [-0.05, 0) is 49.2 Å². The Labute approximate surface area is 148 Å². The fourth-order valence-electron chi connectivity index (χ4n) is 4.18. The van der Waals surface area contributed by atoms with Crippen LogP contribution in [0.4, 0.5) is 4.39 Å². The Kier molecular flexibility index (Phi) is 4.34. The highest BCUT2D eigenvalue weighted by molar-refractivity contribution is 5.85. The second-order valence-electron chi connectivity index (χ2n) is 7.09. The molecule has 0 aliphatic carbocycles. The van der Waals surface area contributed by atoms with Gasteiger partial charge in [-0.15, -0.1) is 0 Å². The van der Waals surface area contributed by atoms with E-state index in [1.54, 1.807) is 12.1 Å². The van der Waals surface area contributed by atoms with Crippen LogP contribution in [0.2, 0.25) is 0 Å². The van der Waals surface area contributed by atoms with Gasteiger partial charge in [0.2, 0.25) is 0 Å². The number of likely N-dealkylation sites (N-methyl/N-ethyl adjacent to an activating group) is 1. The fraction of sp³-hybridized carbons (Fsp3) is 0.364. The van der Waals surface area contributed by atoms with Crippen molar-refractivity contribution in [3.63, 3.8) is 0 Å². The first kappa shape index (κ1) is 16.3. The summed E-state index contributed by atoms with van der Waals surface area (Å²) >= 11 is 0. The van der Waals surface area contributed by atoms with Crippen LogP contribution in [0.25, 0.3) is 10.9 Å². The molecule has 3 aromatic rings. The molecule has 4 rings (SSSR count). The summed E-state index contributed by atoms with van der Waals surface area (Å²) in [4.78, 5) is 2.55. The third kappa shape index (κ3) is 2.98. The molecule has 1 unspecified atom stereocenters. The summed E-state index contributed by atoms with van der Waals surface area (Å²) in [5.74, 6) is -0.166. The molecule has 2 heterocycles. The van der Waals surface area contributed by atoms with Crippen LogP contribution in [-0.4, -0.2) is 22.1 Å². The normalized spacial score (nSPS) is 17.8. The van der Waals surface area contributed by atoms with E-state index in [4.69, 9.17) is 0 Å². The molecule has 0 fully saturated rings. The molecule has 3 heteroatoms. The summed E-state index contributed by atoms with van der Waals surface area (Å²) in [7, 11) is 0. The number of aryl methyl sites for hydroxylation is 2. The minimum absolute atomic E-state index is 0.166. The Morgan fingerprint density at radius 1 is 1.08 bits per heavy atom. The van der Waals surface area contributed by atoms with E-state index in [0.29, 0.717) is 6.04 Å².